The van der Waals surface area contributed by atoms with Gasteiger partial charge in [0.25, 0.3) is 0 Å². The van der Waals surface area contributed by atoms with E-state index in [9.17, 15) is 10.5 Å². The molecule has 94 valence electrons. The monoisotopic (exact) mass is 241 g/mol. The Morgan fingerprint density at radius 2 is 1.67 bits per heavy atom. The van der Waals surface area contributed by atoms with Gasteiger partial charge >= 0.3 is 0 Å². The molecule has 0 N–H and O–H groups in total. The minimum atomic E-state index is -0.789. The van der Waals surface area contributed by atoms with Crippen LogP contribution < -0.4 is 0 Å². The van der Waals surface area contributed by atoms with Crippen molar-refractivity contribution in [2.75, 3.05) is 0 Å². The van der Waals surface area contributed by atoms with Crippen molar-refractivity contribution in [3.05, 3.63) is 24.3 Å². The fraction of sp³-hybridized carbons (Fsp3) is 0.533. The van der Waals surface area contributed by atoms with Gasteiger partial charge in [-0.25, -0.2) is 0 Å². The van der Waals surface area contributed by atoms with Gasteiger partial charge in [-0.15, -0.1) is 0 Å². The fourth-order valence-electron chi connectivity index (χ4n) is 1.78. The smallest absolute Gasteiger partial charge is 0.0893 e. The summed E-state index contributed by atoms with van der Waals surface area (Å²) in [5, 5.41) is 27.5. The molecular formula is C15H19N3. The molecule has 0 bridgehead atoms. The molecule has 0 amide bonds. The van der Waals surface area contributed by atoms with Crippen molar-refractivity contribution < 1.29 is 0 Å². The summed E-state index contributed by atoms with van der Waals surface area (Å²) in [6, 6.07) is 6.46. The van der Waals surface area contributed by atoms with E-state index in [-0.39, 0.29) is 5.92 Å². The second-order valence-corrected chi connectivity index (χ2v) is 4.59. The van der Waals surface area contributed by atoms with Gasteiger partial charge in [0.1, 0.15) is 0 Å². The Labute approximate surface area is 110 Å². The highest BCUT2D eigenvalue weighted by Crippen LogP contribution is 2.38. The maximum Gasteiger partial charge on any atom is 0.0893 e. The topological polar surface area (TPSA) is 71.4 Å². The first kappa shape index (κ1) is 16.0. The van der Waals surface area contributed by atoms with Gasteiger partial charge in [0.2, 0.25) is 0 Å². The Morgan fingerprint density at radius 1 is 1.11 bits per heavy atom. The lowest BCUT2D eigenvalue weighted by Crippen LogP contribution is -2.26. The molecule has 0 saturated heterocycles. The van der Waals surface area contributed by atoms with Crippen molar-refractivity contribution in [1.29, 1.82) is 15.8 Å². The van der Waals surface area contributed by atoms with Crippen LogP contribution in [0.3, 0.4) is 0 Å². The minimum Gasteiger partial charge on any atom is -0.198 e. The highest BCUT2D eigenvalue weighted by molar-refractivity contribution is 5.38. The summed E-state index contributed by atoms with van der Waals surface area (Å²) in [5.41, 5.74) is 0.293. The predicted octanol–water partition coefficient (Wildman–Crippen LogP) is 3.73. The van der Waals surface area contributed by atoms with Crippen molar-refractivity contribution in [2.24, 2.45) is 17.3 Å². The summed E-state index contributed by atoms with van der Waals surface area (Å²) in [7, 11) is 0. The number of rotatable bonds is 6. The van der Waals surface area contributed by atoms with Gasteiger partial charge in [0.05, 0.1) is 35.5 Å². The molecule has 0 rings (SSSR count). The molecule has 0 aromatic carbocycles. The molecule has 0 radical (unpaired) electrons. The van der Waals surface area contributed by atoms with Crippen molar-refractivity contribution in [3.63, 3.8) is 0 Å². The van der Waals surface area contributed by atoms with Crippen LogP contribution in [0.2, 0.25) is 0 Å². The predicted molar refractivity (Wildman–Crippen MR) is 70.8 cm³/mol. The molecule has 3 nitrogen and oxygen atoms in total. The maximum absolute atomic E-state index is 9.28. The molecule has 18 heavy (non-hydrogen) atoms. The lowest BCUT2D eigenvalue weighted by molar-refractivity contribution is 0.352. The zero-order chi connectivity index (χ0) is 14.3. The van der Waals surface area contributed by atoms with Crippen LogP contribution in [0.15, 0.2) is 24.3 Å². The van der Waals surface area contributed by atoms with Crippen LogP contribution in [0.25, 0.3) is 0 Å². The Bertz CT molecular complexity index is 456. The molecule has 0 aromatic rings. The first-order chi connectivity index (χ1) is 8.41. The van der Waals surface area contributed by atoms with E-state index >= 15 is 0 Å². The van der Waals surface area contributed by atoms with Crippen LogP contribution in [0.5, 0.6) is 0 Å². The fourth-order valence-corrected chi connectivity index (χ4v) is 1.78. The third-order valence-corrected chi connectivity index (χ3v) is 3.50. The van der Waals surface area contributed by atoms with Gasteiger partial charge in [-0.2, -0.15) is 15.8 Å². The molecule has 0 fully saturated rings. The van der Waals surface area contributed by atoms with Gasteiger partial charge in [-0.05, 0) is 30.9 Å². The van der Waals surface area contributed by atoms with E-state index in [1.807, 2.05) is 13.8 Å². The third kappa shape index (κ3) is 2.99. The number of nitriles is 3. The average Bonchev–Trinajstić information content (AvgIpc) is 2.40. The van der Waals surface area contributed by atoms with E-state index in [1.165, 1.54) is 0 Å². The summed E-state index contributed by atoms with van der Waals surface area (Å²) in [6.45, 7) is 13.2. The van der Waals surface area contributed by atoms with Crippen molar-refractivity contribution in [3.8, 4) is 18.2 Å². The number of hydrogen-bond donors (Lipinski definition) is 0. The second-order valence-electron chi connectivity index (χ2n) is 4.59. The number of allylic oxidation sites excluding steroid dienone is 2. The largest absolute Gasteiger partial charge is 0.198 e. The van der Waals surface area contributed by atoms with Crippen LogP contribution >= 0.6 is 0 Å². The molecule has 0 aliphatic rings. The second kappa shape index (κ2) is 6.63. The van der Waals surface area contributed by atoms with E-state index in [0.717, 1.165) is 0 Å². The summed E-state index contributed by atoms with van der Waals surface area (Å²) in [5.74, 6) is -0.962. The molecule has 0 saturated carbocycles. The lowest BCUT2D eigenvalue weighted by atomic mass is 9.70. The number of nitrogens with zero attached hydrogens (tertiary/aromatic N) is 3. The van der Waals surface area contributed by atoms with E-state index in [0.29, 0.717) is 24.0 Å². The van der Waals surface area contributed by atoms with Gasteiger partial charge in [0.15, 0.2) is 0 Å². The van der Waals surface area contributed by atoms with Gasteiger partial charge in [0, 0.05) is 0 Å². The molecular weight excluding hydrogens is 222 g/mol. The first-order valence-electron chi connectivity index (χ1n) is 6.00. The van der Waals surface area contributed by atoms with E-state index < -0.39 is 11.3 Å². The van der Waals surface area contributed by atoms with E-state index in [1.54, 1.807) is 6.92 Å². The molecule has 3 unspecified atom stereocenters. The normalized spacial score (nSPS) is 16.2. The quantitative estimate of drug-likeness (QED) is 0.665. The standard InChI is InChI=1S/C15H19N3/c1-6-13(8-16)11(3)12(4)14(9-17)15(5,7-2)10-18/h13-14H,3-4,6-7H2,1-2,5H3. The molecule has 0 heterocycles. The first-order valence-corrected chi connectivity index (χ1v) is 6.00. The molecule has 3 heteroatoms. The molecule has 0 spiro atoms. The van der Waals surface area contributed by atoms with Crippen LogP contribution in [0.1, 0.15) is 33.6 Å². The highest BCUT2D eigenvalue weighted by atomic mass is 14.4. The summed E-state index contributed by atoms with van der Waals surface area (Å²) >= 11 is 0. The Balaban J connectivity index is 5.33. The van der Waals surface area contributed by atoms with Crippen molar-refractivity contribution >= 4 is 0 Å². The number of hydrogen-bond acceptors (Lipinski definition) is 3. The van der Waals surface area contributed by atoms with E-state index in [2.05, 4.69) is 31.4 Å². The van der Waals surface area contributed by atoms with Crippen LogP contribution in [0, 0.1) is 51.2 Å². The van der Waals surface area contributed by atoms with Crippen molar-refractivity contribution in [2.45, 2.75) is 33.6 Å². The van der Waals surface area contributed by atoms with Gasteiger partial charge < -0.3 is 0 Å². The van der Waals surface area contributed by atoms with Crippen molar-refractivity contribution in [1.82, 2.24) is 0 Å². The third-order valence-electron chi connectivity index (χ3n) is 3.50. The zero-order valence-corrected chi connectivity index (χ0v) is 11.3. The zero-order valence-electron chi connectivity index (χ0n) is 11.3. The lowest BCUT2D eigenvalue weighted by Gasteiger charge is -2.28. The summed E-state index contributed by atoms with van der Waals surface area (Å²) in [6.07, 6.45) is 1.18. The minimum absolute atomic E-state index is 0.340. The molecule has 0 aromatic heterocycles. The maximum atomic E-state index is 9.28. The summed E-state index contributed by atoms with van der Waals surface area (Å²) in [4.78, 5) is 0. The SMILES string of the molecule is C=C(C(=C)C(C#N)C(C)(C#N)CC)C(C#N)CC. The van der Waals surface area contributed by atoms with Crippen LogP contribution in [-0.2, 0) is 0 Å². The Hall–Kier alpha value is -2.05. The Morgan fingerprint density at radius 3 is 1.94 bits per heavy atom. The highest BCUT2D eigenvalue weighted by Gasteiger charge is 2.36. The van der Waals surface area contributed by atoms with Crippen LogP contribution in [0.4, 0.5) is 0 Å². The van der Waals surface area contributed by atoms with Crippen LogP contribution in [-0.4, -0.2) is 0 Å². The van der Waals surface area contributed by atoms with Gasteiger partial charge in [-0.3, -0.25) is 0 Å². The molecule has 0 aliphatic heterocycles. The summed E-state index contributed by atoms with van der Waals surface area (Å²) < 4.78 is 0. The average molecular weight is 241 g/mol. The molecule has 0 aliphatic carbocycles. The van der Waals surface area contributed by atoms with Gasteiger partial charge in [-0.1, -0.05) is 27.0 Å². The van der Waals surface area contributed by atoms with E-state index in [4.69, 9.17) is 5.26 Å². The molecule has 3 atom stereocenters. The Kier molecular flexibility index (Phi) is 5.87.